The SMILES string of the molecule is CC(C)(C)OC(=O)N1CCC[C@H]1c1nccn1-c1cnc(-c2ccc(-c3cnc([C@@H]4CCCN4C(=O)OCc4ccccc4)[nH]3)cc2)nc1. The summed E-state index contributed by atoms with van der Waals surface area (Å²) in [6.45, 7) is 7.11. The summed E-state index contributed by atoms with van der Waals surface area (Å²) in [5, 5.41) is 0. The minimum absolute atomic E-state index is 0.159. The van der Waals surface area contributed by atoms with Gasteiger partial charge in [-0.25, -0.2) is 29.5 Å². The molecule has 2 amide bonds. The van der Waals surface area contributed by atoms with E-state index in [2.05, 4.69) is 24.9 Å². The molecule has 2 aromatic carbocycles. The van der Waals surface area contributed by atoms with Crippen LogP contribution in [0.4, 0.5) is 9.59 Å². The van der Waals surface area contributed by atoms with Crippen molar-refractivity contribution in [2.24, 2.45) is 0 Å². The molecule has 2 aliphatic rings. The zero-order valence-electron chi connectivity index (χ0n) is 28.0. The topological polar surface area (TPSA) is 131 Å². The van der Waals surface area contributed by atoms with Crippen molar-refractivity contribution in [2.45, 2.75) is 70.7 Å². The van der Waals surface area contributed by atoms with Crippen LogP contribution in [0.25, 0.3) is 28.3 Å². The quantitative estimate of drug-likeness (QED) is 0.193. The zero-order valence-corrected chi connectivity index (χ0v) is 28.0. The second-order valence-corrected chi connectivity index (χ2v) is 13.4. The number of aromatic amines is 1. The summed E-state index contributed by atoms with van der Waals surface area (Å²) in [4.78, 5) is 51.3. The number of rotatable bonds is 7. The lowest BCUT2D eigenvalue weighted by atomic mass is 10.1. The molecule has 5 heterocycles. The summed E-state index contributed by atoms with van der Waals surface area (Å²) in [6.07, 6.45) is 11.7. The highest BCUT2D eigenvalue weighted by molar-refractivity contribution is 5.70. The van der Waals surface area contributed by atoms with Crippen molar-refractivity contribution in [3.05, 3.63) is 103 Å². The zero-order chi connectivity index (χ0) is 34.0. The van der Waals surface area contributed by atoms with E-state index in [-0.39, 0.29) is 30.9 Å². The monoisotopic (exact) mass is 660 g/mol. The Hall–Kier alpha value is -5.52. The minimum Gasteiger partial charge on any atom is -0.445 e. The van der Waals surface area contributed by atoms with Gasteiger partial charge in [-0.05, 0) is 57.6 Å². The Morgan fingerprint density at radius 2 is 1.49 bits per heavy atom. The van der Waals surface area contributed by atoms with Gasteiger partial charge in [-0.15, -0.1) is 0 Å². The van der Waals surface area contributed by atoms with Gasteiger partial charge in [0.25, 0.3) is 0 Å². The first kappa shape index (κ1) is 32.0. The van der Waals surface area contributed by atoms with Gasteiger partial charge in [0.2, 0.25) is 0 Å². The second kappa shape index (κ2) is 13.5. The molecule has 2 atom stereocenters. The molecule has 0 spiro atoms. The number of ether oxygens (including phenoxy) is 2. The van der Waals surface area contributed by atoms with Crippen LogP contribution in [0.2, 0.25) is 0 Å². The van der Waals surface area contributed by atoms with E-state index >= 15 is 0 Å². The Labute approximate surface area is 285 Å². The molecular formula is C37H40N8O4. The Kier molecular flexibility index (Phi) is 8.85. The molecule has 2 saturated heterocycles. The standard InChI is InChI=1S/C37H40N8O4/c1-37(2,3)49-36(47)45-19-8-12-31(45)34-38-17-20-43(34)28-21-39-32(40-22-28)27-15-13-26(14-16-27)29-23-41-33(42-29)30-11-7-18-44(30)35(46)48-24-25-9-5-4-6-10-25/h4-6,9-10,13-17,20-23,30-31H,7-8,11-12,18-19,24H2,1-3H3,(H,41,42)/t30-,31-/m0/s1. The van der Waals surface area contributed by atoms with Crippen LogP contribution in [0.15, 0.2) is 85.6 Å². The van der Waals surface area contributed by atoms with Crippen molar-refractivity contribution in [3.8, 4) is 28.3 Å². The Balaban J connectivity index is 1.01. The van der Waals surface area contributed by atoms with Gasteiger partial charge < -0.3 is 14.5 Å². The first-order chi connectivity index (χ1) is 23.7. The molecular weight excluding hydrogens is 620 g/mol. The maximum absolute atomic E-state index is 12.9. The van der Waals surface area contributed by atoms with Crippen molar-refractivity contribution in [1.29, 1.82) is 0 Å². The molecule has 3 aromatic heterocycles. The Morgan fingerprint density at radius 1 is 0.816 bits per heavy atom. The van der Waals surface area contributed by atoms with Crippen LogP contribution in [0.5, 0.6) is 0 Å². The van der Waals surface area contributed by atoms with E-state index < -0.39 is 5.60 Å². The van der Waals surface area contributed by atoms with E-state index in [0.29, 0.717) is 18.9 Å². The van der Waals surface area contributed by atoms with E-state index in [1.165, 1.54) is 0 Å². The predicted octanol–water partition coefficient (Wildman–Crippen LogP) is 7.27. The number of benzene rings is 2. The average Bonchev–Trinajstić information content (AvgIpc) is 3.93. The van der Waals surface area contributed by atoms with Crippen LogP contribution in [-0.2, 0) is 16.1 Å². The number of likely N-dealkylation sites (tertiary alicyclic amines) is 2. The molecule has 2 aliphatic heterocycles. The average molecular weight is 661 g/mol. The summed E-state index contributed by atoms with van der Waals surface area (Å²) in [7, 11) is 0. The van der Waals surface area contributed by atoms with Gasteiger partial charge in [-0.3, -0.25) is 14.4 Å². The maximum atomic E-state index is 12.9. The first-order valence-electron chi connectivity index (χ1n) is 16.7. The van der Waals surface area contributed by atoms with Crippen molar-refractivity contribution in [3.63, 3.8) is 0 Å². The number of carbonyl (C=O) groups is 2. The molecule has 0 saturated carbocycles. The number of nitrogens with one attached hydrogen (secondary N) is 1. The molecule has 49 heavy (non-hydrogen) atoms. The van der Waals surface area contributed by atoms with Crippen molar-refractivity contribution in [2.75, 3.05) is 13.1 Å². The molecule has 0 unspecified atom stereocenters. The third-order valence-corrected chi connectivity index (χ3v) is 8.82. The lowest BCUT2D eigenvalue weighted by Gasteiger charge is -2.28. The van der Waals surface area contributed by atoms with Crippen LogP contribution >= 0.6 is 0 Å². The fourth-order valence-electron chi connectivity index (χ4n) is 6.47. The summed E-state index contributed by atoms with van der Waals surface area (Å²) >= 11 is 0. The molecule has 2 fully saturated rings. The maximum Gasteiger partial charge on any atom is 0.410 e. The van der Waals surface area contributed by atoms with Gasteiger partial charge in [-0.1, -0.05) is 54.6 Å². The van der Waals surface area contributed by atoms with Gasteiger partial charge in [0.1, 0.15) is 23.9 Å². The van der Waals surface area contributed by atoms with Crippen LogP contribution < -0.4 is 0 Å². The van der Waals surface area contributed by atoms with Crippen LogP contribution in [0, 0.1) is 0 Å². The summed E-state index contributed by atoms with van der Waals surface area (Å²) < 4.78 is 13.2. The molecule has 12 nitrogen and oxygen atoms in total. The third kappa shape index (κ3) is 7.03. The van der Waals surface area contributed by atoms with E-state index in [0.717, 1.165) is 65.4 Å². The van der Waals surface area contributed by atoms with E-state index in [4.69, 9.17) is 9.47 Å². The summed E-state index contributed by atoms with van der Waals surface area (Å²) in [5.41, 5.74) is 3.85. The van der Waals surface area contributed by atoms with Crippen LogP contribution in [-0.4, -0.2) is 70.2 Å². The molecule has 7 rings (SSSR count). The molecule has 0 aliphatic carbocycles. The number of H-pyrrole nitrogens is 1. The van der Waals surface area contributed by atoms with Gasteiger partial charge in [0.05, 0.1) is 42.1 Å². The largest absolute Gasteiger partial charge is 0.445 e. The van der Waals surface area contributed by atoms with Crippen LogP contribution in [0.1, 0.15) is 75.8 Å². The molecule has 0 bridgehead atoms. The Morgan fingerprint density at radius 3 is 2.20 bits per heavy atom. The smallest absolute Gasteiger partial charge is 0.410 e. The highest BCUT2D eigenvalue weighted by atomic mass is 16.6. The molecule has 1 N–H and O–H groups in total. The van der Waals surface area contributed by atoms with Gasteiger partial charge in [0, 0.05) is 31.0 Å². The van der Waals surface area contributed by atoms with Crippen molar-refractivity contribution < 1.29 is 19.1 Å². The number of nitrogens with zero attached hydrogens (tertiary/aromatic N) is 7. The number of aromatic nitrogens is 6. The number of carbonyl (C=O) groups excluding carboxylic acids is 2. The number of hydrogen-bond acceptors (Lipinski definition) is 8. The van der Waals surface area contributed by atoms with E-state index in [9.17, 15) is 9.59 Å². The van der Waals surface area contributed by atoms with Gasteiger partial charge in [-0.2, -0.15) is 0 Å². The molecule has 12 heteroatoms. The van der Waals surface area contributed by atoms with Gasteiger partial charge in [0.15, 0.2) is 5.82 Å². The highest BCUT2D eigenvalue weighted by Gasteiger charge is 2.36. The Bertz CT molecular complexity index is 1900. The molecule has 5 aromatic rings. The normalized spacial score (nSPS) is 17.8. The number of hydrogen-bond donors (Lipinski definition) is 1. The van der Waals surface area contributed by atoms with Crippen molar-refractivity contribution >= 4 is 12.2 Å². The number of amides is 2. The fraction of sp³-hybridized carbons (Fsp3) is 0.351. The lowest BCUT2D eigenvalue weighted by Crippen LogP contribution is -2.37. The highest BCUT2D eigenvalue weighted by Crippen LogP contribution is 2.34. The first-order valence-corrected chi connectivity index (χ1v) is 16.7. The lowest BCUT2D eigenvalue weighted by molar-refractivity contribution is 0.0217. The van der Waals surface area contributed by atoms with E-state index in [1.54, 1.807) is 34.6 Å². The predicted molar refractivity (Wildman–Crippen MR) is 182 cm³/mol. The third-order valence-electron chi connectivity index (χ3n) is 8.82. The minimum atomic E-state index is -0.569. The van der Waals surface area contributed by atoms with E-state index in [1.807, 2.05) is 86.1 Å². The second-order valence-electron chi connectivity index (χ2n) is 13.4. The molecule has 252 valence electrons. The van der Waals surface area contributed by atoms with Crippen molar-refractivity contribution in [1.82, 2.24) is 39.3 Å². The number of imidazole rings is 2. The molecule has 0 radical (unpaired) electrons. The van der Waals surface area contributed by atoms with Crippen LogP contribution in [0.3, 0.4) is 0 Å². The summed E-state index contributed by atoms with van der Waals surface area (Å²) in [6, 6.07) is 17.3. The fourth-order valence-corrected chi connectivity index (χ4v) is 6.47. The van der Waals surface area contributed by atoms with Gasteiger partial charge >= 0.3 is 12.2 Å². The summed E-state index contributed by atoms with van der Waals surface area (Å²) in [5.74, 6) is 2.10.